The van der Waals surface area contributed by atoms with Gasteiger partial charge in [-0.1, -0.05) is 12.1 Å². The minimum atomic E-state index is 0.509. The van der Waals surface area contributed by atoms with Gasteiger partial charge in [0.1, 0.15) is 5.75 Å². The van der Waals surface area contributed by atoms with E-state index in [1.165, 1.54) is 18.4 Å². The molecule has 0 saturated carbocycles. The summed E-state index contributed by atoms with van der Waals surface area (Å²) in [5.41, 5.74) is 1.30. The molecule has 0 unspecified atom stereocenters. The fourth-order valence-electron chi connectivity index (χ4n) is 3.30. The fourth-order valence-corrected chi connectivity index (χ4v) is 3.30. The molecule has 1 saturated heterocycles. The van der Waals surface area contributed by atoms with Crippen LogP contribution in [-0.4, -0.2) is 37.0 Å². The van der Waals surface area contributed by atoms with E-state index in [0.29, 0.717) is 11.9 Å². The van der Waals surface area contributed by atoms with Gasteiger partial charge in [0.2, 0.25) is 5.88 Å². The lowest BCUT2D eigenvalue weighted by Gasteiger charge is -2.24. The van der Waals surface area contributed by atoms with Crippen LogP contribution in [0.4, 0.5) is 0 Å². The first-order valence-corrected chi connectivity index (χ1v) is 8.59. The topological polar surface area (TPSA) is 56.1 Å². The molecule has 0 amide bonds. The Bertz CT molecular complexity index is 773. The summed E-state index contributed by atoms with van der Waals surface area (Å²) in [6.45, 7) is 3.12. The molecule has 3 heterocycles. The first kappa shape index (κ1) is 15.8. The summed E-state index contributed by atoms with van der Waals surface area (Å²) in [5, 5.41) is 0. The molecule has 1 fully saturated rings. The molecular weight excluding hydrogens is 314 g/mol. The molecule has 25 heavy (non-hydrogen) atoms. The van der Waals surface area contributed by atoms with Crippen LogP contribution in [0.25, 0.3) is 0 Å². The molecule has 3 aromatic rings. The van der Waals surface area contributed by atoms with Gasteiger partial charge < -0.3 is 9.30 Å². The van der Waals surface area contributed by atoms with E-state index in [1.807, 2.05) is 30.9 Å². The third-order valence-electron chi connectivity index (χ3n) is 4.55. The molecule has 6 nitrogen and oxygen atoms in total. The van der Waals surface area contributed by atoms with Crippen molar-refractivity contribution >= 4 is 0 Å². The molecule has 0 radical (unpaired) electrons. The lowest BCUT2D eigenvalue weighted by molar-refractivity contribution is 0.224. The number of aromatic nitrogens is 4. The lowest BCUT2D eigenvalue weighted by Crippen LogP contribution is -2.32. The van der Waals surface area contributed by atoms with Crippen LogP contribution in [0.2, 0.25) is 0 Å². The van der Waals surface area contributed by atoms with Crippen LogP contribution in [0, 0.1) is 0 Å². The highest BCUT2D eigenvalue weighted by atomic mass is 16.5. The quantitative estimate of drug-likeness (QED) is 0.693. The molecule has 1 aliphatic rings. The molecule has 1 atom stereocenters. The molecule has 6 heteroatoms. The molecule has 1 aromatic carbocycles. The van der Waals surface area contributed by atoms with Crippen LogP contribution < -0.4 is 4.74 Å². The Morgan fingerprint density at radius 1 is 1.08 bits per heavy atom. The predicted molar refractivity (Wildman–Crippen MR) is 94.2 cm³/mol. The van der Waals surface area contributed by atoms with Gasteiger partial charge >= 0.3 is 0 Å². The zero-order chi connectivity index (χ0) is 16.9. The minimum Gasteiger partial charge on any atom is -0.438 e. The summed E-state index contributed by atoms with van der Waals surface area (Å²) in [4.78, 5) is 14.8. The standard InChI is InChI=1S/C19H21N5O/c1-2-17(14-23-11-9-21-15-23)24(10-1)13-16-3-5-18(6-4-16)25-19-12-20-7-8-22-19/h3-9,11-12,15,17H,1-2,10,13-14H2/t17-/m0/s1. The maximum atomic E-state index is 5.70. The second-order valence-corrected chi connectivity index (χ2v) is 6.32. The fraction of sp³-hybridized carbons (Fsp3) is 0.316. The van der Waals surface area contributed by atoms with Crippen molar-refractivity contribution in [3.63, 3.8) is 0 Å². The largest absolute Gasteiger partial charge is 0.438 e. The Morgan fingerprint density at radius 2 is 2.00 bits per heavy atom. The average molecular weight is 335 g/mol. The van der Waals surface area contributed by atoms with E-state index in [2.05, 4.69) is 36.6 Å². The highest BCUT2D eigenvalue weighted by Gasteiger charge is 2.24. The van der Waals surface area contributed by atoms with Gasteiger partial charge in [0, 0.05) is 43.9 Å². The van der Waals surface area contributed by atoms with Crippen molar-refractivity contribution in [3.05, 3.63) is 67.1 Å². The second-order valence-electron chi connectivity index (χ2n) is 6.32. The molecule has 2 aromatic heterocycles. The summed E-state index contributed by atoms with van der Waals surface area (Å²) in [6, 6.07) is 8.80. The van der Waals surface area contributed by atoms with E-state index in [9.17, 15) is 0 Å². The van der Waals surface area contributed by atoms with Crippen molar-refractivity contribution in [2.75, 3.05) is 6.54 Å². The molecule has 0 aliphatic carbocycles. The summed E-state index contributed by atoms with van der Waals surface area (Å²) < 4.78 is 7.86. The molecule has 128 valence electrons. The van der Waals surface area contributed by atoms with Gasteiger partial charge in [-0.3, -0.25) is 9.88 Å². The number of hydrogen-bond acceptors (Lipinski definition) is 5. The molecular formula is C19H21N5O. The number of likely N-dealkylation sites (tertiary alicyclic amines) is 1. The highest BCUT2D eigenvalue weighted by Crippen LogP contribution is 2.23. The first-order chi connectivity index (χ1) is 12.4. The van der Waals surface area contributed by atoms with E-state index < -0.39 is 0 Å². The summed E-state index contributed by atoms with van der Waals surface area (Å²) in [6.07, 6.45) is 13.1. The van der Waals surface area contributed by atoms with Crippen molar-refractivity contribution in [2.45, 2.75) is 32.0 Å². The Hall–Kier alpha value is -2.73. The van der Waals surface area contributed by atoms with Gasteiger partial charge in [-0.25, -0.2) is 9.97 Å². The van der Waals surface area contributed by atoms with Gasteiger partial charge in [0.25, 0.3) is 0 Å². The highest BCUT2D eigenvalue weighted by molar-refractivity contribution is 5.30. The van der Waals surface area contributed by atoms with Crippen molar-refractivity contribution in [2.24, 2.45) is 0 Å². The Balaban J connectivity index is 1.37. The normalized spacial score (nSPS) is 17.7. The number of rotatable bonds is 6. The Kier molecular flexibility index (Phi) is 4.70. The van der Waals surface area contributed by atoms with Crippen LogP contribution in [0.5, 0.6) is 11.6 Å². The Morgan fingerprint density at radius 3 is 2.76 bits per heavy atom. The zero-order valence-electron chi connectivity index (χ0n) is 14.0. The maximum absolute atomic E-state index is 5.70. The van der Waals surface area contributed by atoms with Crippen LogP contribution in [0.3, 0.4) is 0 Å². The number of benzene rings is 1. The van der Waals surface area contributed by atoms with Crippen LogP contribution >= 0.6 is 0 Å². The number of hydrogen-bond donors (Lipinski definition) is 0. The summed E-state index contributed by atoms with van der Waals surface area (Å²) in [5.74, 6) is 1.29. The number of ether oxygens (including phenoxy) is 1. The van der Waals surface area contributed by atoms with Gasteiger partial charge in [-0.2, -0.15) is 0 Å². The van der Waals surface area contributed by atoms with Gasteiger partial charge in [-0.15, -0.1) is 0 Å². The third kappa shape index (κ3) is 4.03. The van der Waals surface area contributed by atoms with E-state index >= 15 is 0 Å². The molecule has 0 N–H and O–H groups in total. The summed E-state index contributed by atoms with van der Waals surface area (Å²) in [7, 11) is 0. The van der Waals surface area contributed by atoms with Crippen LogP contribution in [0.1, 0.15) is 18.4 Å². The van der Waals surface area contributed by atoms with E-state index in [1.54, 1.807) is 18.6 Å². The molecule has 1 aliphatic heterocycles. The van der Waals surface area contributed by atoms with E-state index in [4.69, 9.17) is 4.74 Å². The average Bonchev–Trinajstić information content (AvgIpc) is 3.31. The molecule has 0 bridgehead atoms. The van der Waals surface area contributed by atoms with Crippen molar-refractivity contribution in [3.8, 4) is 11.6 Å². The summed E-state index contributed by atoms with van der Waals surface area (Å²) >= 11 is 0. The number of imidazole rings is 1. The molecule has 4 rings (SSSR count). The Labute approximate surface area is 147 Å². The van der Waals surface area contributed by atoms with Gasteiger partial charge in [0.05, 0.1) is 12.5 Å². The van der Waals surface area contributed by atoms with Crippen molar-refractivity contribution in [1.82, 2.24) is 24.4 Å². The van der Waals surface area contributed by atoms with Crippen LogP contribution in [-0.2, 0) is 13.1 Å². The smallest absolute Gasteiger partial charge is 0.237 e. The molecule has 0 spiro atoms. The third-order valence-corrected chi connectivity index (χ3v) is 4.55. The second kappa shape index (κ2) is 7.44. The van der Waals surface area contributed by atoms with Crippen molar-refractivity contribution in [1.29, 1.82) is 0 Å². The van der Waals surface area contributed by atoms with E-state index in [-0.39, 0.29) is 0 Å². The zero-order valence-corrected chi connectivity index (χ0v) is 14.0. The predicted octanol–water partition coefficient (Wildman–Crippen LogP) is 3.13. The van der Waals surface area contributed by atoms with Gasteiger partial charge in [-0.05, 0) is 37.1 Å². The monoisotopic (exact) mass is 335 g/mol. The SMILES string of the molecule is c1cnc(Oc2ccc(CN3CCC[C@H]3Cn3ccnc3)cc2)cn1. The lowest BCUT2D eigenvalue weighted by atomic mass is 10.1. The maximum Gasteiger partial charge on any atom is 0.237 e. The van der Waals surface area contributed by atoms with E-state index in [0.717, 1.165) is 25.4 Å². The first-order valence-electron chi connectivity index (χ1n) is 8.59. The number of nitrogens with zero attached hydrogens (tertiary/aromatic N) is 5. The van der Waals surface area contributed by atoms with Crippen molar-refractivity contribution < 1.29 is 4.74 Å². The minimum absolute atomic E-state index is 0.509. The van der Waals surface area contributed by atoms with Gasteiger partial charge in [0.15, 0.2) is 0 Å². The van der Waals surface area contributed by atoms with Crippen LogP contribution in [0.15, 0.2) is 61.6 Å².